The Morgan fingerprint density at radius 1 is 0.529 bits per heavy atom. The number of carbonyl (C=O) groups excluding carboxylic acids is 14. The minimum Gasteiger partial charge on any atom is -0.508 e. The number of likely N-dealkylation sites (tertiary alicyclic amines) is 2. The maximum absolute atomic E-state index is 15.3. The second kappa shape index (κ2) is 48.3. The summed E-state index contributed by atoms with van der Waals surface area (Å²) in [5.41, 5.74) is 29.9. The van der Waals surface area contributed by atoms with E-state index < -0.39 is 192 Å². The van der Waals surface area contributed by atoms with Crippen LogP contribution in [0.2, 0.25) is 0 Å². The predicted octanol–water partition coefficient (Wildman–Crippen LogP) is -3.45. The van der Waals surface area contributed by atoms with Gasteiger partial charge in [-0.3, -0.25) is 81.9 Å². The van der Waals surface area contributed by atoms with Crippen LogP contribution in [0.15, 0.2) is 58.5 Å². The van der Waals surface area contributed by atoms with Gasteiger partial charge in [0.25, 0.3) is 0 Å². The second-order valence-corrected chi connectivity index (χ2v) is 32.0. The zero-order chi connectivity index (χ0) is 89.3. The average molecular weight is 1700 g/mol. The van der Waals surface area contributed by atoms with Crippen molar-refractivity contribution in [3.05, 3.63) is 59.7 Å². The SMILES string of the molecule is CC[C@H](C)[C@H](NC(=O)[C@H](Cc1ccc(O)cc1)NC(=O)[C@@H]1CCCN1C(=O)[C@H](CCCN1CCN=C1N)NC(=O)[C@H](CCCN=C(N)N)NC(=O)[C@@H]1CCCN1C(=O)[C@H](CCCCN)NC(=O)[C@H](CC(N)=O)NC(=O)[C@H](CCC(=O)O)NC(=O)[C@H](Cc1ccc(O)cc1)NC(=O)[C@H](CC(C)C)NC(=O)[C@@H]1CCC(=O)N1)C(=O)N[C@@H](CC(C)C)C(=O)O. The van der Waals surface area contributed by atoms with Crippen LogP contribution in [0.5, 0.6) is 11.5 Å². The van der Waals surface area contributed by atoms with E-state index in [9.17, 15) is 82.8 Å². The molecule has 6 rings (SSSR count). The summed E-state index contributed by atoms with van der Waals surface area (Å²) in [4.78, 5) is 237. The summed E-state index contributed by atoms with van der Waals surface area (Å²) in [6.45, 7) is 11.7. The van der Waals surface area contributed by atoms with Gasteiger partial charge in [-0.05, 0) is 156 Å². The maximum atomic E-state index is 15.3. The van der Waals surface area contributed by atoms with Crippen molar-refractivity contribution in [3.8, 4) is 11.5 Å². The quantitative estimate of drug-likeness (QED) is 0.0174. The summed E-state index contributed by atoms with van der Waals surface area (Å²) in [6.07, 6.45) is -1.05. The Bertz CT molecular complexity index is 4010. The number of nitrogens with one attached hydrogen (secondary N) is 11. The van der Waals surface area contributed by atoms with Crippen molar-refractivity contribution in [1.29, 1.82) is 0 Å². The Hall–Kier alpha value is -11.9. The summed E-state index contributed by atoms with van der Waals surface area (Å²) in [7, 11) is 0. The number of carboxylic acid groups (broad SMARTS) is 2. The van der Waals surface area contributed by atoms with Crippen molar-refractivity contribution in [1.82, 2.24) is 73.2 Å². The van der Waals surface area contributed by atoms with Gasteiger partial charge in [-0.25, -0.2) is 4.79 Å². The normalized spacial score (nSPS) is 18.4. The molecule has 41 heteroatoms. The number of aromatic hydroxyl groups is 2. The maximum Gasteiger partial charge on any atom is 0.326 e. The summed E-state index contributed by atoms with van der Waals surface area (Å²) >= 11 is 0. The van der Waals surface area contributed by atoms with E-state index >= 15 is 14.4 Å². The number of unbranched alkanes of at least 4 members (excludes halogenated alkanes) is 1. The molecule has 4 aliphatic heterocycles. The smallest absolute Gasteiger partial charge is 0.326 e. The number of phenolic OH excluding ortho intramolecular Hbond substituents is 2. The number of hydrogen-bond acceptors (Lipinski definition) is 23. The van der Waals surface area contributed by atoms with Crippen molar-refractivity contribution in [2.75, 3.05) is 45.8 Å². The van der Waals surface area contributed by atoms with Crippen LogP contribution < -0.4 is 87.2 Å². The highest BCUT2D eigenvalue weighted by Gasteiger charge is 2.44. The highest BCUT2D eigenvalue weighted by atomic mass is 16.4. The lowest BCUT2D eigenvalue weighted by Crippen LogP contribution is -2.61. The van der Waals surface area contributed by atoms with Gasteiger partial charge in [0.15, 0.2) is 11.9 Å². The van der Waals surface area contributed by atoms with Crippen LogP contribution in [0.25, 0.3) is 0 Å². The molecule has 121 heavy (non-hydrogen) atoms. The van der Waals surface area contributed by atoms with Gasteiger partial charge >= 0.3 is 11.9 Å². The first-order chi connectivity index (χ1) is 57.4. The van der Waals surface area contributed by atoms with Crippen LogP contribution in [0.3, 0.4) is 0 Å². The fraction of sp³-hybridized carbons (Fsp3) is 0.625. The van der Waals surface area contributed by atoms with Crippen molar-refractivity contribution in [2.45, 2.75) is 255 Å². The molecule has 0 aliphatic carbocycles. The first kappa shape index (κ1) is 97.9. The molecule has 2 aromatic carbocycles. The van der Waals surface area contributed by atoms with Gasteiger partial charge in [0.2, 0.25) is 82.7 Å². The lowest BCUT2D eigenvalue weighted by atomic mass is 9.96. The fourth-order valence-electron chi connectivity index (χ4n) is 14.7. The number of guanidine groups is 2. The molecule has 4 heterocycles. The standard InChI is InChI=1S/C80H123N21O20/c1-7-45(6)65(75(117)97-59(78(120)121)39-44(4)5)98-72(114)57(41-47-21-25-49(103)26-22-47)96-74(116)61-18-13-36-101(61)77(119)54(16-11-34-99-37-33-87-80(99)85)91-66(108)50(15-10-32-86-79(83)84)90-73(115)60-17-12-35-100(60)76(118)53(14-8-9-31-81)92-71(113)58(42-62(82)104)95-68(110)52(28-30-64(106)107)89-70(112)56(40-46-19-23-48(102)24-20-46)94-69(111)55(38-43(2)3)93-67(109)51-27-29-63(105)88-51/h19-26,43-45,50-61,65,102-103H,7-18,27-42,81H2,1-6H3,(H2,82,104)(H2,85,87)(H,88,105)(H,89,112)(H,90,115)(H,91,108)(H,92,113)(H,93,109)(H,94,111)(H,95,110)(H,96,116)(H,97,117)(H,98,114)(H,106,107)(H,120,121)(H4,83,84,86)/t45-,50-,51-,52-,53-,54-,55-,56-,57-,58-,59-,60-,61-,65-/m0/s1. The van der Waals surface area contributed by atoms with E-state index in [0.717, 1.165) is 0 Å². The number of nitrogens with two attached hydrogens (primary N) is 5. The van der Waals surface area contributed by atoms with E-state index in [1.807, 2.05) is 0 Å². The summed E-state index contributed by atoms with van der Waals surface area (Å²) in [6, 6.07) is -7.18. The molecular weight excluding hydrogens is 1580 g/mol. The number of phenols is 2. The van der Waals surface area contributed by atoms with Crippen molar-refractivity contribution in [2.24, 2.45) is 56.4 Å². The summed E-state index contributed by atoms with van der Waals surface area (Å²) in [5, 5.41) is 69.0. The van der Waals surface area contributed by atoms with Crippen LogP contribution in [0.4, 0.5) is 0 Å². The largest absolute Gasteiger partial charge is 0.508 e. The number of rotatable bonds is 50. The van der Waals surface area contributed by atoms with E-state index in [2.05, 4.69) is 68.5 Å². The molecule has 3 fully saturated rings. The molecule has 668 valence electrons. The molecule has 0 radical (unpaired) electrons. The first-order valence-electron chi connectivity index (χ1n) is 41.4. The molecule has 41 nitrogen and oxygen atoms in total. The van der Waals surface area contributed by atoms with E-state index in [1.165, 1.54) is 58.3 Å². The minimum absolute atomic E-state index is 0.000383. The Labute approximate surface area is 702 Å². The van der Waals surface area contributed by atoms with E-state index in [0.29, 0.717) is 37.1 Å². The molecule has 0 spiro atoms. The van der Waals surface area contributed by atoms with Crippen LogP contribution in [-0.2, 0) is 89.6 Å². The van der Waals surface area contributed by atoms with Crippen molar-refractivity contribution < 1.29 is 97.1 Å². The lowest BCUT2D eigenvalue weighted by Gasteiger charge is -2.32. The summed E-state index contributed by atoms with van der Waals surface area (Å²) in [5.74, 6) is -16.0. The fourth-order valence-corrected chi connectivity index (χ4v) is 14.7. The number of carbonyl (C=O) groups is 16. The Balaban J connectivity index is 1.24. The number of primary amides is 1. The Morgan fingerprint density at radius 3 is 1.47 bits per heavy atom. The van der Waals surface area contributed by atoms with E-state index in [-0.39, 0.29) is 177 Å². The van der Waals surface area contributed by atoms with Gasteiger partial charge in [-0.1, -0.05) is 72.2 Å². The van der Waals surface area contributed by atoms with Gasteiger partial charge in [-0.2, -0.15) is 0 Å². The predicted molar refractivity (Wildman–Crippen MR) is 440 cm³/mol. The van der Waals surface area contributed by atoms with Gasteiger partial charge < -0.3 is 122 Å². The first-order valence-corrected chi connectivity index (χ1v) is 41.4. The number of hydrogen-bond donors (Lipinski definition) is 20. The number of aliphatic carboxylic acids is 2. The van der Waals surface area contributed by atoms with Crippen LogP contribution in [-0.4, -0.2) is 266 Å². The number of carboxylic acids is 2. The number of nitrogens with zero attached hydrogens (tertiary/aromatic N) is 5. The minimum atomic E-state index is -1.93. The van der Waals surface area contributed by atoms with E-state index in [1.54, 1.807) is 46.4 Å². The Morgan fingerprint density at radius 2 is 0.983 bits per heavy atom. The van der Waals surface area contributed by atoms with E-state index in [4.69, 9.17) is 28.7 Å². The molecule has 3 saturated heterocycles. The molecule has 4 aliphatic rings. The highest BCUT2D eigenvalue weighted by molar-refractivity contribution is 6.01. The van der Waals surface area contributed by atoms with Gasteiger partial charge in [0.1, 0.15) is 90.0 Å². The molecule has 0 saturated carbocycles. The molecule has 25 N–H and O–H groups in total. The third-order valence-corrected chi connectivity index (χ3v) is 21.4. The molecular formula is C80H123N21O20. The Kier molecular flexibility index (Phi) is 39.1. The number of benzene rings is 2. The van der Waals surface area contributed by atoms with Crippen molar-refractivity contribution >= 4 is 107 Å². The molecule has 14 atom stereocenters. The molecule has 0 unspecified atom stereocenters. The zero-order valence-electron chi connectivity index (χ0n) is 69.6. The van der Waals surface area contributed by atoms with Gasteiger partial charge in [-0.15, -0.1) is 0 Å². The zero-order valence-corrected chi connectivity index (χ0v) is 69.6. The van der Waals surface area contributed by atoms with Crippen LogP contribution in [0, 0.1) is 17.8 Å². The van der Waals surface area contributed by atoms with Crippen LogP contribution >= 0.6 is 0 Å². The van der Waals surface area contributed by atoms with Gasteiger partial charge in [0.05, 0.1) is 13.0 Å². The van der Waals surface area contributed by atoms with Crippen LogP contribution in [0.1, 0.15) is 175 Å². The molecule has 14 amide bonds. The average Bonchev–Trinajstić information content (AvgIpc) is 1.71. The third-order valence-electron chi connectivity index (χ3n) is 21.4. The second-order valence-electron chi connectivity index (χ2n) is 32.0. The number of amides is 14. The topological polar surface area (TPSA) is 651 Å². The van der Waals surface area contributed by atoms with Crippen molar-refractivity contribution in [3.63, 3.8) is 0 Å². The molecule has 0 aromatic heterocycles. The molecule has 2 aromatic rings. The monoisotopic (exact) mass is 1700 g/mol. The number of aliphatic imine (C=N–C) groups is 2. The highest BCUT2D eigenvalue weighted by Crippen LogP contribution is 2.25. The summed E-state index contributed by atoms with van der Waals surface area (Å²) < 4.78 is 0. The molecule has 0 bridgehead atoms. The van der Waals surface area contributed by atoms with Gasteiger partial charge in [0, 0.05) is 58.4 Å². The lowest BCUT2D eigenvalue weighted by molar-refractivity contribution is -0.144. The third kappa shape index (κ3) is 31.6.